The molecule has 122 valence electrons. The summed E-state index contributed by atoms with van der Waals surface area (Å²) in [6.45, 7) is 5.87. The maximum atomic E-state index is 6.84. The standard InChI is InChI=1S/C19H35NO/c1-3-16-10-12-19(13-11-16,14-20-17-8-9-17)21-18-7-5-4-6-15(18)2/h15-18,20H,3-14H2,1-2H3. The molecule has 0 heterocycles. The summed E-state index contributed by atoms with van der Waals surface area (Å²) in [7, 11) is 0. The molecule has 0 aromatic heterocycles. The van der Waals surface area contributed by atoms with Crippen molar-refractivity contribution in [2.24, 2.45) is 11.8 Å². The molecule has 0 bridgehead atoms. The van der Waals surface area contributed by atoms with Gasteiger partial charge in [-0.2, -0.15) is 0 Å². The summed E-state index contributed by atoms with van der Waals surface area (Å²) < 4.78 is 6.84. The molecule has 3 rings (SSSR count). The first kappa shape index (κ1) is 15.8. The van der Waals surface area contributed by atoms with E-state index in [1.165, 1.54) is 70.6 Å². The molecule has 21 heavy (non-hydrogen) atoms. The van der Waals surface area contributed by atoms with Gasteiger partial charge in [0.15, 0.2) is 0 Å². The number of rotatable bonds is 6. The molecule has 2 unspecified atom stereocenters. The first-order valence-corrected chi connectivity index (χ1v) is 9.62. The molecule has 1 N–H and O–H groups in total. The number of nitrogens with one attached hydrogen (secondary N) is 1. The third kappa shape index (κ3) is 4.22. The fourth-order valence-corrected chi connectivity index (χ4v) is 4.34. The molecule has 3 aliphatic carbocycles. The Bertz CT molecular complexity index is 318. The lowest BCUT2D eigenvalue weighted by Gasteiger charge is -2.45. The van der Waals surface area contributed by atoms with E-state index in [-0.39, 0.29) is 5.60 Å². The highest BCUT2D eigenvalue weighted by molar-refractivity contribution is 4.94. The Balaban J connectivity index is 1.60. The van der Waals surface area contributed by atoms with Crippen molar-refractivity contribution in [3.63, 3.8) is 0 Å². The van der Waals surface area contributed by atoms with Crippen LogP contribution in [0.3, 0.4) is 0 Å². The summed E-state index contributed by atoms with van der Waals surface area (Å²) in [4.78, 5) is 0. The highest BCUT2D eigenvalue weighted by Crippen LogP contribution is 2.40. The van der Waals surface area contributed by atoms with E-state index in [0.29, 0.717) is 6.10 Å². The van der Waals surface area contributed by atoms with Crippen LogP contribution in [0.4, 0.5) is 0 Å². The van der Waals surface area contributed by atoms with E-state index in [0.717, 1.165) is 24.4 Å². The third-order valence-electron chi connectivity index (χ3n) is 6.32. The van der Waals surface area contributed by atoms with Crippen LogP contribution in [-0.4, -0.2) is 24.3 Å². The molecule has 2 nitrogen and oxygen atoms in total. The molecule has 3 aliphatic rings. The van der Waals surface area contributed by atoms with Crippen molar-refractivity contribution in [1.82, 2.24) is 5.32 Å². The van der Waals surface area contributed by atoms with Crippen molar-refractivity contribution in [3.8, 4) is 0 Å². The summed E-state index contributed by atoms with van der Waals surface area (Å²) in [6, 6.07) is 0.804. The fraction of sp³-hybridized carbons (Fsp3) is 1.00. The molecule has 2 atom stereocenters. The van der Waals surface area contributed by atoms with Crippen LogP contribution in [0.2, 0.25) is 0 Å². The molecule has 0 amide bonds. The molecule has 0 aromatic carbocycles. The Morgan fingerprint density at radius 1 is 1.00 bits per heavy atom. The van der Waals surface area contributed by atoms with Crippen LogP contribution in [0.1, 0.15) is 84.5 Å². The fourth-order valence-electron chi connectivity index (χ4n) is 4.34. The zero-order valence-electron chi connectivity index (χ0n) is 14.2. The third-order valence-corrected chi connectivity index (χ3v) is 6.32. The van der Waals surface area contributed by atoms with Crippen LogP contribution >= 0.6 is 0 Å². The average molecular weight is 293 g/mol. The normalized spacial score (nSPS) is 41.1. The maximum absolute atomic E-state index is 6.84. The first-order chi connectivity index (χ1) is 10.2. The second-order valence-corrected chi connectivity index (χ2v) is 8.11. The highest BCUT2D eigenvalue weighted by atomic mass is 16.5. The molecule has 3 saturated carbocycles. The second kappa shape index (κ2) is 7.00. The molecule has 2 heteroatoms. The minimum Gasteiger partial charge on any atom is -0.370 e. The van der Waals surface area contributed by atoms with Gasteiger partial charge in [-0.05, 0) is 63.2 Å². The van der Waals surface area contributed by atoms with Crippen molar-refractivity contribution < 1.29 is 4.74 Å². The largest absolute Gasteiger partial charge is 0.370 e. The number of ether oxygens (including phenoxy) is 1. The van der Waals surface area contributed by atoms with E-state index < -0.39 is 0 Å². The molecular formula is C19H35NO. The van der Waals surface area contributed by atoms with Crippen LogP contribution in [0.25, 0.3) is 0 Å². The van der Waals surface area contributed by atoms with Gasteiger partial charge in [0, 0.05) is 12.6 Å². The Kier molecular flexibility index (Phi) is 5.27. The van der Waals surface area contributed by atoms with Gasteiger partial charge in [0.1, 0.15) is 0 Å². The van der Waals surface area contributed by atoms with Gasteiger partial charge in [0.25, 0.3) is 0 Å². The van der Waals surface area contributed by atoms with Crippen LogP contribution in [-0.2, 0) is 4.74 Å². The van der Waals surface area contributed by atoms with Gasteiger partial charge >= 0.3 is 0 Å². The Morgan fingerprint density at radius 3 is 2.33 bits per heavy atom. The first-order valence-electron chi connectivity index (χ1n) is 9.62. The van der Waals surface area contributed by atoms with E-state index >= 15 is 0 Å². The lowest BCUT2D eigenvalue weighted by atomic mass is 9.76. The smallest absolute Gasteiger partial charge is 0.0810 e. The highest BCUT2D eigenvalue weighted by Gasteiger charge is 2.40. The minimum absolute atomic E-state index is 0.157. The summed E-state index contributed by atoms with van der Waals surface area (Å²) >= 11 is 0. The van der Waals surface area contributed by atoms with Gasteiger partial charge in [-0.1, -0.05) is 33.1 Å². The van der Waals surface area contributed by atoms with Crippen molar-refractivity contribution in [2.45, 2.75) is 102 Å². The van der Waals surface area contributed by atoms with Crippen LogP contribution in [0, 0.1) is 11.8 Å². The predicted octanol–water partition coefficient (Wildman–Crippen LogP) is 4.67. The molecule has 0 aromatic rings. The Hall–Kier alpha value is -0.0800. The summed E-state index contributed by atoms with van der Waals surface area (Å²) in [6.07, 6.45) is 15.4. The van der Waals surface area contributed by atoms with E-state index in [1.54, 1.807) is 0 Å². The van der Waals surface area contributed by atoms with Gasteiger partial charge in [0.05, 0.1) is 11.7 Å². The zero-order chi connectivity index (χ0) is 14.7. The van der Waals surface area contributed by atoms with E-state index in [1.807, 2.05) is 0 Å². The van der Waals surface area contributed by atoms with Gasteiger partial charge in [0.2, 0.25) is 0 Å². The molecular weight excluding hydrogens is 258 g/mol. The van der Waals surface area contributed by atoms with Crippen molar-refractivity contribution >= 4 is 0 Å². The van der Waals surface area contributed by atoms with Crippen LogP contribution in [0.5, 0.6) is 0 Å². The van der Waals surface area contributed by atoms with Crippen molar-refractivity contribution in [3.05, 3.63) is 0 Å². The lowest BCUT2D eigenvalue weighted by Crippen LogP contribution is -2.50. The summed E-state index contributed by atoms with van der Waals surface area (Å²) in [5, 5.41) is 3.78. The van der Waals surface area contributed by atoms with Crippen LogP contribution in [0.15, 0.2) is 0 Å². The summed E-state index contributed by atoms with van der Waals surface area (Å²) in [5.41, 5.74) is 0.157. The zero-order valence-corrected chi connectivity index (χ0v) is 14.2. The van der Waals surface area contributed by atoms with E-state index in [2.05, 4.69) is 19.2 Å². The minimum atomic E-state index is 0.157. The second-order valence-electron chi connectivity index (χ2n) is 8.11. The molecule has 3 fully saturated rings. The molecule has 0 radical (unpaired) electrons. The van der Waals surface area contributed by atoms with Gasteiger partial charge in [-0.15, -0.1) is 0 Å². The van der Waals surface area contributed by atoms with Gasteiger partial charge in [-0.3, -0.25) is 0 Å². The lowest BCUT2D eigenvalue weighted by molar-refractivity contribution is -0.142. The van der Waals surface area contributed by atoms with Gasteiger partial charge < -0.3 is 10.1 Å². The number of hydrogen-bond acceptors (Lipinski definition) is 2. The quantitative estimate of drug-likeness (QED) is 0.768. The predicted molar refractivity (Wildman–Crippen MR) is 88.5 cm³/mol. The summed E-state index contributed by atoms with van der Waals surface area (Å²) in [5.74, 6) is 1.71. The Labute approximate surface area is 131 Å². The maximum Gasteiger partial charge on any atom is 0.0810 e. The topological polar surface area (TPSA) is 21.3 Å². The van der Waals surface area contributed by atoms with E-state index in [4.69, 9.17) is 4.74 Å². The van der Waals surface area contributed by atoms with Crippen molar-refractivity contribution in [2.75, 3.05) is 6.54 Å². The monoisotopic (exact) mass is 293 g/mol. The molecule has 0 aliphatic heterocycles. The molecule has 0 saturated heterocycles. The average Bonchev–Trinajstić information content (AvgIpc) is 3.33. The van der Waals surface area contributed by atoms with Crippen LogP contribution < -0.4 is 5.32 Å². The van der Waals surface area contributed by atoms with Crippen molar-refractivity contribution in [1.29, 1.82) is 0 Å². The van der Waals surface area contributed by atoms with E-state index in [9.17, 15) is 0 Å². The van der Waals surface area contributed by atoms with Gasteiger partial charge in [-0.25, -0.2) is 0 Å². The SMILES string of the molecule is CCC1CCC(CNC2CC2)(OC2CCCCC2C)CC1. The number of hydrogen-bond donors (Lipinski definition) is 1. The Morgan fingerprint density at radius 2 is 1.71 bits per heavy atom. The molecule has 0 spiro atoms.